The number of carbonyl (C=O) groups excluding carboxylic acids is 1. The molecule has 0 bridgehead atoms. The van der Waals surface area contributed by atoms with Gasteiger partial charge in [0.05, 0.1) is 11.2 Å². The normalized spacial score (nSPS) is 17.7. The minimum Gasteiger partial charge on any atom is -0.449 e. The van der Waals surface area contributed by atoms with Crippen LogP contribution in [0.5, 0.6) is 0 Å². The van der Waals surface area contributed by atoms with Crippen molar-refractivity contribution in [2.45, 2.75) is 51.7 Å². The third-order valence-electron chi connectivity index (χ3n) is 7.83. The molecule has 1 aliphatic carbocycles. The maximum absolute atomic E-state index is 12.9. The van der Waals surface area contributed by atoms with Crippen LogP contribution in [0.3, 0.4) is 0 Å². The zero-order valence-electron chi connectivity index (χ0n) is 22.5. The highest BCUT2D eigenvalue weighted by Crippen LogP contribution is 2.44. The lowest BCUT2D eigenvalue weighted by atomic mass is 9.77. The minimum atomic E-state index is -0.596. The molecule has 1 saturated heterocycles. The van der Waals surface area contributed by atoms with Gasteiger partial charge in [-0.2, -0.15) is 0 Å². The molecule has 1 aliphatic heterocycles. The molecule has 0 spiro atoms. The first-order valence-electron chi connectivity index (χ1n) is 13.0. The van der Waals surface area contributed by atoms with Gasteiger partial charge in [0.15, 0.2) is 0 Å². The molecule has 1 fully saturated rings. The van der Waals surface area contributed by atoms with Crippen LogP contribution in [0.15, 0.2) is 76.7 Å². The SMILES string of the molecule is Cc1ccc(Br)c(C=C(CNC(=O)OCC2c3ccccc3-c3ccccc32)B2OC(C)(C)C(C)(C)O2)c1. The molecule has 1 N–H and O–H groups in total. The van der Waals surface area contributed by atoms with Gasteiger partial charge in [-0.05, 0) is 74.0 Å². The van der Waals surface area contributed by atoms with Crippen LogP contribution >= 0.6 is 15.9 Å². The molecule has 38 heavy (non-hydrogen) atoms. The number of hydrogen-bond donors (Lipinski definition) is 1. The van der Waals surface area contributed by atoms with Crippen molar-refractivity contribution in [2.75, 3.05) is 13.2 Å². The predicted molar refractivity (Wildman–Crippen MR) is 156 cm³/mol. The number of hydrogen-bond acceptors (Lipinski definition) is 4. The Morgan fingerprint density at radius 3 is 2.16 bits per heavy atom. The lowest BCUT2D eigenvalue weighted by Crippen LogP contribution is -2.41. The van der Waals surface area contributed by atoms with E-state index in [1.54, 1.807) is 0 Å². The van der Waals surface area contributed by atoms with E-state index >= 15 is 0 Å². The van der Waals surface area contributed by atoms with Gasteiger partial charge in [0.25, 0.3) is 0 Å². The van der Waals surface area contributed by atoms with E-state index in [2.05, 4.69) is 51.6 Å². The Hall–Kier alpha value is -2.87. The minimum absolute atomic E-state index is 0.00880. The number of ether oxygens (including phenoxy) is 1. The molecule has 3 aromatic carbocycles. The van der Waals surface area contributed by atoms with Crippen molar-refractivity contribution in [2.24, 2.45) is 0 Å². The molecule has 0 aromatic heterocycles. The Bertz CT molecular complexity index is 1340. The van der Waals surface area contributed by atoms with Gasteiger partial charge in [0, 0.05) is 16.9 Å². The molecule has 2 aliphatic rings. The van der Waals surface area contributed by atoms with Crippen molar-refractivity contribution in [3.63, 3.8) is 0 Å². The molecular weight excluding hydrogens is 541 g/mol. The van der Waals surface area contributed by atoms with Gasteiger partial charge < -0.3 is 19.4 Å². The molecule has 0 atom stereocenters. The van der Waals surface area contributed by atoms with Crippen LogP contribution in [-0.4, -0.2) is 37.6 Å². The summed E-state index contributed by atoms with van der Waals surface area (Å²) in [4.78, 5) is 12.9. The number of fused-ring (bicyclic) bond motifs is 3. The van der Waals surface area contributed by atoms with Gasteiger partial charge >= 0.3 is 13.2 Å². The second kappa shape index (κ2) is 10.4. The first-order chi connectivity index (χ1) is 18.1. The van der Waals surface area contributed by atoms with Crippen molar-refractivity contribution in [1.82, 2.24) is 5.32 Å². The number of amides is 1. The fraction of sp³-hybridized carbons (Fsp3) is 0.323. The molecular formula is C31H33BBrNO4. The summed E-state index contributed by atoms with van der Waals surface area (Å²) in [5, 5.41) is 2.94. The van der Waals surface area contributed by atoms with Gasteiger partial charge in [-0.15, -0.1) is 0 Å². The highest BCUT2D eigenvalue weighted by Gasteiger charge is 2.52. The van der Waals surface area contributed by atoms with Crippen molar-refractivity contribution >= 4 is 35.2 Å². The van der Waals surface area contributed by atoms with E-state index in [4.69, 9.17) is 14.0 Å². The number of aryl methyl sites for hydroxylation is 1. The van der Waals surface area contributed by atoms with Gasteiger partial charge in [0.1, 0.15) is 6.61 Å². The standard InChI is InChI=1S/C31H33BBrNO4/c1-20-14-15-28(33)21(16-20)17-22(32-37-30(2,3)31(4,5)38-32)18-34-29(35)36-19-27-25-12-8-6-10-23(25)24-11-7-9-13-26(24)27/h6-17,27H,18-19H2,1-5H3,(H,34,35). The van der Waals surface area contributed by atoms with E-state index in [1.165, 1.54) is 22.3 Å². The van der Waals surface area contributed by atoms with Crippen molar-refractivity contribution < 1.29 is 18.8 Å². The molecule has 7 heteroatoms. The highest BCUT2D eigenvalue weighted by atomic mass is 79.9. The van der Waals surface area contributed by atoms with E-state index in [-0.39, 0.29) is 19.1 Å². The third-order valence-corrected chi connectivity index (χ3v) is 8.55. The van der Waals surface area contributed by atoms with E-state index in [9.17, 15) is 4.79 Å². The predicted octanol–water partition coefficient (Wildman–Crippen LogP) is 7.31. The summed E-state index contributed by atoms with van der Waals surface area (Å²) in [5.41, 5.74) is 6.71. The number of carbonyl (C=O) groups is 1. The summed E-state index contributed by atoms with van der Waals surface area (Å²) in [6, 6.07) is 22.8. The molecule has 0 unspecified atom stereocenters. The third kappa shape index (κ3) is 5.20. The van der Waals surface area contributed by atoms with Crippen LogP contribution in [0.1, 0.15) is 55.9 Å². The lowest BCUT2D eigenvalue weighted by Gasteiger charge is -2.32. The summed E-state index contributed by atoms with van der Waals surface area (Å²) >= 11 is 3.64. The largest absolute Gasteiger partial charge is 0.492 e. The molecule has 0 saturated carbocycles. The summed E-state index contributed by atoms with van der Waals surface area (Å²) in [7, 11) is -0.596. The van der Waals surface area contributed by atoms with E-state index < -0.39 is 24.4 Å². The summed E-state index contributed by atoms with van der Waals surface area (Å²) in [6.45, 7) is 10.6. The Kier molecular flexibility index (Phi) is 7.29. The van der Waals surface area contributed by atoms with Gasteiger partial charge in [-0.25, -0.2) is 4.79 Å². The summed E-state index contributed by atoms with van der Waals surface area (Å²) in [5.74, 6) is 0.00880. The van der Waals surface area contributed by atoms with E-state index in [0.717, 1.165) is 21.1 Å². The average molecular weight is 574 g/mol. The van der Waals surface area contributed by atoms with Crippen LogP contribution < -0.4 is 5.32 Å². The zero-order valence-corrected chi connectivity index (χ0v) is 24.1. The maximum Gasteiger partial charge on any atom is 0.492 e. The Balaban J connectivity index is 1.31. The van der Waals surface area contributed by atoms with Crippen molar-refractivity contribution in [3.8, 4) is 11.1 Å². The average Bonchev–Trinajstić information content (AvgIpc) is 3.31. The second-order valence-electron chi connectivity index (χ2n) is 11.0. The lowest BCUT2D eigenvalue weighted by molar-refractivity contribution is 0.00578. The Labute approximate surface area is 233 Å². The fourth-order valence-electron chi connectivity index (χ4n) is 4.99. The van der Waals surface area contributed by atoms with E-state index in [0.29, 0.717) is 0 Å². The van der Waals surface area contributed by atoms with Crippen LogP contribution in [0.25, 0.3) is 17.2 Å². The smallest absolute Gasteiger partial charge is 0.449 e. The van der Waals surface area contributed by atoms with Gasteiger partial charge in [-0.1, -0.05) is 88.2 Å². The Morgan fingerprint density at radius 2 is 1.55 bits per heavy atom. The quantitative estimate of drug-likeness (QED) is 0.314. The number of benzene rings is 3. The topological polar surface area (TPSA) is 56.8 Å². The molecule has 5 rings (SSSR count). The molecule has 0 radical (unpaired) electrons. The molecule has 196 valence electrons. The first kappa shape index (κ1) is 26.7. The van der Waals surface area contributed by atoms with E-state index in [1.807, 2.05) is 77.1 Å². The first-order valence-corrected chi connectivity index (χ1v) is 13.8. The second-order valence-corrected chi connectivity index (χ2v) is 11.9. The van der Waals surface area contributed by atoms with Crippen molar-refractivity contribution in [3.05, 3.63) is 98.9 Å². The highest BCUT2D eigenvalue weighted by molar-refractivity contribution is 9.10. The van der Waals surface area contributed by atoms with Crippen LogP contribution in [0, 0.1) is 6.92 Å². The molecule has 1 heterocycles. The molecule has 1 amide bonds. The molecule has 3 aromatic rings. The van der Waals surface area contributed by atoms with Gasteiger partial charge in [-0.3, -0.25) is 0 Å². The number of rotatable bonds is 6. The maximum atomic E-state index is 12.9. The molecule has 5 nitrogen and oxygen atoms in total. The van der Waals surface area contributed by atoms with Crippen molar-refractivity contribution in [1.29, 1.82) is 0 Å². The van der Waals surface area contributed by atoms with Crippen LogP contribution in [0.2, 0.25) is 0 Å². The summed E-state index contributed by atoms with van der Waals surface area (Å²) < 4.78 is 19.4. The fourth-order valence-corrected chi connectivity index (χ4v) is 5.36. The monoisotopic (exact) mass is 573 g/mol. The number of halogens is 1. The summed E-state index contributed by atoms with van der Waals surface area (Å²) in [6.07, 6.45) is 1.54. The Morgan fingerprint density at radius 1 is 0.974 bits per heavy atom. The van der Waals surface area contributed by atoms with Crippen LogP contribution in [-0.2, 0) is 14.0 Å². The number of alkyl carbamates (subject to hydrolysis) is 1. The number of nitrogens with one attached hydrogen (secondary N) is 1. The zero-order chi connectivity index (χ0) is 27.1. The van der Waals surface area contributed by atoms with Gasteiger partial charge in [0.2, 0.25) is 0 Å². The van der Waals surface area contributed by atoms with Crippen LogP contribution in [0.4, 0.5) is 4.79 Å².